The van der Waals surface area contributed by atoms with E-state index in [-0.39, 0.29) is 5.25 Å². The van der Waals surface area contributed by atoms with Crippen LogP contribution in [0.15, 0.2) is 0 Å². The Kier molecular flexibility index (Phi) is 4.17. The SMILES string of the molecule is CC1CCC(C2CCC(S(C)(=O)=O)CC2)CC1. The molecule has 2 aliphatic carbocycles. The van der Waals surface area contributed by atoms with Crippen molar-refractivity contribution in [2.24, 2.45) is 17.8 Å². The van der Waals surface area contributed by atoms with Crippen molar-refractivity contribution in [3.05, 3.63) is 0 Å². The van der Waals surface area contributed by atoms with Crippen molar-refractivity contribution in [3.8, 4) is 0 Å². The number of sulfone groups is 1. The van der Waals surface area contributed by atoms with Crippen molar-refractivity contribution in [1.82, 2.24) is 0 Å². The first-order chi connectivity index (χ1) is 7.97. The number of rotatable bonds is 2. The Bertz CT molecular complexity index is 331. The Hall–Kier alpha value is -0.0500. The third-order valence-electron chi connectivity index (χ3n) is 5.05. The Balaban J connectivity index is 1.83. The van der Waals surface area contributed by atoms with Crippen molar-refractivity contribution in [1.29, 1.82) is 0 Å². The van der Waals surface area contributed by atoms with Gasteiger partial charge in [-0.1, -0.05) is 19.8 Å². The van der Waals surface area contributed by atoms with E-state index >= 15 is 0 Å². The average Bonchev–Trinajstić information content (AvgIpc) is 2.29. The maximum absolute atomic E-state index is 11.5. The minimum atomic E-state index is -2.79. The highest BCUT2D eigenvalue weighted by molar-refractivity contribution is 7.91. The Labute approximate surface area is 106 Å². The van der Waals surface area contributed by atoms with Gasteiger partial charge in [-0.05, 0) is 56.3 Å². The minimum Gasteiger partial charge on any atom is -0.229 e. The molecule has 0 aromatic carbocycles. The summed E-state index contributed by atoms with van der Waals surface area (Å²) in [5.41, 5.74) is 0. The summed E-state index contributed by atoms with van der Waals surface area (Å²) in [6.07, 6.45) is 11.1. The fourth-order valence-corrected chi connectivity index (χ4v) is 4.87. The predicted octanol–water partition coefficient (Wildman–Crippen LogP) is 3.42. The Morgan fingerprint density at radius 3 is 1.59 bits per heavy atom. The summed E-state index contributed by atoms with van der Waals surface area (Å²) >= 11 is 0. The van der Waals surface area contributed by atoms with Crippen LogP contribution in [-0.4, -0.2) is 19.9 Å². The largest absolute Gasteiger partial charge is 0.229 e. The quantitative estimate of drug-likeness (QED) is 0.760. The minimum absolute atomic E-state index is 0.0405. The Morgan fingerprint density at radius 2 is 1.18 bits per heavy atom. The fourth-order valence-electron chi connectivity index (χ4n) is 3.75. The predicted molar refractivity (Wildman–Crippen MR) is 71.7 cm³/mol. The standard InChI is InChI=1S/C14H26O2S/c1-11-3-5-12(6-4-11)13-7-9-14(10-8-13)17(2,15)16/h11-14H,3-10H2,1-2H3. The van der Waals surface area contributed by atoms with Gasteiger partial charge < -0.3 is 0 Å². The molecular formula is C14H26O2S. The molecule has 0 atom stereocenters. The lowest BCUT2D eigenvalue weighted by atomic mass is 9.71. The van der Waals surface area contributed by atoms with Crippen LogP contribution in [0.5, 0.6) is 0 Å². The van der Waals surface area contributed by atoms with E-state index in [2.05, 4.69) is 6.92 Å². The summed E-state index contributed by atoms with van der Waals surface area (Å²) < 4.78 is 23.0. The van der Waals surface area contributed by atoms with E-state index in [0.29, 0.717) is 0 Å². The van der Waals surface area contributed by atoms with Crippen molar-refractivity contribution in [2.45, 2.75) is 63.5 Å². The van der Waals surface area contributed by atoms with Gasteiger partial charge in [0.1, 0.15) is 9.84 Å². The Morgan fingerprint density at radius 1 is 0.765 bits per heavy atom. The van der Waals surface area contributed by atoms with Crippen LogP contribution < -0.4 is 0 Å². The van der Waals surface area contributed by atoms with Gasteiger partial charge in [-0.15, -0.1) is 0 Å². The van der Waals surface area contributed by atoms with Crippen molar-refractivity contribution in [2.75, 3.05) is 6.26 Å². The molecule has 0 amide bonds. The molecule has 2 rings (SSSR count). The fraction of sp³-hybridized carbons (Fsp3) is 1.00. The van der Waals surface area contributed by atoms with Crippen LogP contribution in [0.4, 0.5) is 0 Å². The third-order valence-corrected chi connectivity index (χ3v) is 6.73. The normalized spacial score (nSPS) is 40.1. The second-order valence-electron chi connectivity index (χ2n) is 6.39. The molecule has 2 fully saturated rings. The summed E-state index contributed by atoms with van der Waals surface area (Å²) in [7, 11) is -2.79. The molecule has 0 unspecified atom stereocenters. The zero-order valence-corrected chi connectivity index (χ0v) is 12.0. The molecule has 2 saturated carbocycles. The molecule has 100 valence electrons. The van der Waals surface area contributed by atoms with Gasteiger partial charge in [-0.3, -0.25) is 0 Å². The van der Waals surface area contributed by atoms with E-state index in [1.54, 1.807) is 0 Å². The van der Waals surface area contributed by atoms with Gasteiger partial charge in [0.15, 0.2) is 0 Å². The smallest absolute Gasteiger partial charge is 0.150 e. The maximum atomic E-state index is 11.5. The summed E-state index contributed by atoms with van der Waals surface area (Å²) in [5, 5.41) is -0.0405. The first-order valence-corrected chi connectivity index (χ1v) is 9.11. The summed E-state index contributed by atoms with van der Waals surface area (Å²) in [6, 6.07) is 0. The molecule has 0 heterocycles. The highest BCUT2D eigenvalue weighted by atomic mass is 32.2. The summed E-state index contributed by atoms with van der Waals surface area (Å²) in [5.74, 6) is 2.63. The third kappa shape index (κ3) is 3.46. The lowest BCUT2D eigenvalue weighted by Gasteiger charge is -2.36. The van der Waals surface area contributed by atoms with Crippen molar-refractivity contribution < 1.29 is 8.42 Å². The van der Waals surface area contributed by atoms with Crippen molar-refractivity contribution in [3.63, 3.8) is 0 Å². The van der Waals surface area contributed by atoms with E-state index in [4.69, 9.17) is 0 Å². The van der Waals surface area contributed by atoms with E-state index < -0.39 is 9.84 Å². The second kappa shape index (κ2) is 5.29. The second-order valence-corrected chi connectivity index (χ2v) is 8.71. The topological polar surface area (TPSA) is 34.1 Å². The van der Waals surface area contributed by atoms with Gasteiger partial charge in [0.2, 0.25) is 0 Å². The van der Waals surface area contributed by atoms with Crippen LogP contribution in [0.25, 0.3) is 0 Å². The van der Waals surface area contributed by atoms with Gasteiger partial charge in [-0.25, -0.2) is 8.42 Å². The average molecular weight is 258 g/mol. The van der Waals surface area contributed by atoms with Gasteiger partial charge in [0.05, 0.1) is 5.25 Å². The molecule has 0 aromatic rings. The molecule has 0 saturated heterocycles. The molecule has 0 N–H and O–H groups in total. The lowest BCUT2D eigenvalue weighted by Crippen LogP contribution is -2.30. The highest BCUT2D eigenvalue weighted by Gasteiger charge is 2.32. The zero-order valence-electron chi connectivity index (χ0n) is 11.2. The lowest BCUT2D eigenvalue weighted by molar-refractivity contribution is 0.173. The van der Waals surface area contributed by atoms with Gasteiger partial charge >= 0.3 is 0 Å². The maximum Gasteiger partial charge on any atom is 0.150 e. The molecule has 0 aromatic heterocycles. The van der Waals surface area contributed by atoms with Crippen LogP contribution in [0, 0.1) is 17.8 Å². The van der Waals surface area contributed by atoms with Crippen LogP contribution in [0.3, 0.4) is 0 Å². The first kappa shape index (κ1) is 13.4. The molecule has 0 spiro atoms. The molecule has 0 aliphatic heterocycles. The molecule has 0 bridgehead atoms. The molecule has 3 heteroatoms. The molecule has 2 aliphatic rings. The summed E-state index contributed by atoms with van der Waals surface area (Å²) in [4.78, 5) is 0. The monoisotopic (exact) mass is 258 g/mol. The number of hydrogen-bond donors (Lipinski definition) is 0. The van der Waals surface area contributed by atoms with E-state index in [1.165, 1.54) is 31.9 Å². The van der Waals surface area contributed by atoms with Crippen LogP contribution in [0.1, 0.15) is 58.3 Å². The number of hydrogen-bond acceptors (Lipinski definition) is 2. The van der Waals surface area contributed by atoms with Crippen LogP contribution in [0.2, 0.25) is 0 Å². The molecular weight excluding hydrogens is 232 g/mol. The van der Waals surface area contributed by atoms with Gasteiger partial charge in [0, 0.05) is 6.26 Å². The van der Waals surface area contributed by atoms with E-state index in [1.807, 2.05) is 0 Å². The van der Waals surface area contributed by atoms with Crippen LogP contribution in [-0.2, 0) is 9.84 Å². The van der Waals surface area contributed by atoms with E-state index in [0.717, 1.165) is 43.4 Å². The molecule has 0 radical (unpaired) electrons. The van der Waals surface area contributed by atoms with Gasteiger partial charge in [-0.2, -0.15) is 0 Å². The zero-order chi connectivity index (χ0) is 12.5. The van der Waals surface area contributed by atoms with Crippen LogP contribution >= 0.6 is 0 Å². The highest BCUT2D eigenvalue weighted by Crippen LogP contribution is 2.40. The molecule has 2 nitrogen and oxygen atoms in total. The van der Waals surface area contributed by atoms with Gasteiger partial charge in [0.25, 0.3) is 0 Å². The first-order valence-electron chi connectivity index (χ1n) is 7.15. The molecule has 17 heavy (non-hydrogen) atoms. The summed E-state index contributed by atoms with van der Waals surface area (Å²) in [6.45, 7) is 2.36. The van der Waals surface area contributed by atoms with E-state index in [9.17, 15) is 8.42 Å². The van der Waals surface area contributed by atoms with Crippen molar-refractivity contribution >= 4 is 9.84 Å².